The lowest BCUT2D eigenvalue weighted by Gasteiger charge is -2.13. The minimum absolute atomic E-state index is 0.177. The van der Waals surface area contributed by atoms with Gasteiger partial charge in [-0.3, -0.25) is 4.79 Å². The molecule has 0 aromatic heterocycles. The van der Waals surface area contributed by atoms with Gasteiger partial charge in [0.25, 0.3) is 0 Å². The van der Waals surface area contributed by atoms with E-state index in [2.05, 4.69) is 0 Å². The maximum absolute atomic E-state index is 13.0. The molecule has 0 aliphatic heterocycles. The van der Waals surface area contributed by atoms with E-state index in [9.17, 15) is 14.0 Å². The highest BCUT2D eigenvalue weighted by Crippen LogP contribution is 2.23. The third-order valence-corrected chi connectivity index (χ3v) is 4.78. The maximum atomic E-state index is 13.0. The third kappa shape index (κ3) is 6.40. The lowest BCUT2D eigenvalue weighted by molar-refractivity contribution is -0.133. The number of rotatable bonds is 9. The van der Waals surface area contributed by atoms with Crippen LogP contribution in [0, 0.1) is 5.82 Å². The molecule has 0 radical (unpaired) electrons. The van der Waals surface area contributed by atoms with Crippen LogP contribution in [0.5, 0.6) is 5.75 Å². The van der Waals surface area contributed by atoms with Gasteiger partial charge in [-0.2, -0.15) is 0 Å². The van der Waals surface area contributed by atoms with Gasteiger partial charge in [0, 0.05) is 5.56 Å². The van der Waals surface area contributed by atoms with E-state index < -0.39 is 5.97 Å². The summed E-state index contributed by atoms with van der Waals surface area (Å²) in [6.07, 6.45) is 4.41. The second kappa shape index (κ2) is 11.4. The van der Waals surface area contributed by atoms with E-state index in [1.54, 1.807) is 48.5 Å². The highest BCUT2D eigenvalue weighted by molar-refractivity contribution is 6.16. The van der Waals surface area contributed by atoms with Gasteiger partial charge in [0.1, 0.15) is 23.7 Å². The molecule has 168 valence electrons. The Hall–Kier alpha value is -4.19. The van der Waals surface area contributed by atoms with Crippen LogP contribution in [0.25, 0.3) is 11.6 Å². The zero-order chi connectivity index (χ0) is 23.6. The number of carbonyl (C=O) groups is 2. The van der Waals surface area contributed by atoms with Gasteiger partial charge in [0.05, 0.1) is 20.5 Å². The second-order valence-electron chi connectivity index (χ2n) is 6.98. The van der Waals surface area contributed by atoms with Crippen molar-refractivity contribution in [1.82, 2.24) is 0 Å². The maximum Gasteiger partial charge on any atom is 0.341 e. The molecule has 0 unspecified atom stereocenters. The van der Waals surface area contributed by atoms with Crippen LogP contribution in [0.1, 0.15) is 27.0 Å². The summed E-state index contributed by atoms with van der Waals surface area (Å²) in [5, 5.41) is 0. The van der Waals surface area contributed by atoms with Crippen LogP contribution in [-0.4, -0.2) is 26.0 Å². The van der Waals surface area contributed by atoms with Gasteiger partial charge < -0.3 is 14.2 Å². The van der Waals surface area contributed by atoms with E-state index in [4.69, 9.17) is 14.2 Å². The van der Waals surface area contributed by atoms with Gasteiger partial charge in [-0.1, -0.05) is 42.5 Å². The van der Waals surface area contributed by atoms with Gasteiger partial charge in [-0.05, 0) is 59.2 Å². The molecular weight excluding hydrogens is 423 g/mol. The molecule has 33 heavy (non-hydrogen) atoms. The normalized spacial score (nSPS) is 11.3. The van der Waals surface area contributed by atoms with E-state index in [0.29, 0.717) is 16.9 Å². The SMILES string of the molecule is CO/C=C(/C(=O)OC)c1ccccc1COc1ccc(C(=O)/C=C/c2ccc(F)cc2)cc1. The highest BCUT2D eigenvalue weighted by atomic mass is 19.1. The first-order chi connectivity index (χ1) is 16.0. The number of halogens is 1. The Bertz CT molecular complexity index is 1160. The fourth-order valence-electron chi connectivity index (χ4n) is 3.08. The van der Waals surface area contributed by atoms with E-state index in [0.717, 1.165) is 11.1 Å². The van der Waals surface area contributed by atoms with E-state index >= 15 is 0 Å². The number of hydrogen-bond acceptors (Lipinski definition) is 5. The molecule has 3 rings (SSSR count). The molecule has 0 saturated carbocycles. The summed E-state index contributed by atoms with van der Waals surface area (Å²) in [7, 11) is 2.77. The lowest BCUT2D eigenvalue weighted by atomic mass is 10.0. The fourth-order valence-corrected chi connectivity index (χ4v) is 3.08. The van der Waals surface area contributed by atoms with Crippen molar-refractivity contribution < 1.29 is 28.2 Å². The quantitative estimate of drug-likeness (QED) is 0.189. The smallest absolute Gasteiger partial charge is 0.341 e. The van der Waals surface area contributed by atoms with Gasteiger partial charge in [0.15, 0.2) is 5.78 Å². The summed E-state index contributed by atoms with van der Waals surface area (Å²) < 4.78 is 28.7. The number of benzene rings is 3. The summed E-state index contributed by atoms with van der Waals surface area (Å²) in [5.41, 5.74) is 2.93. The van der Waals surface area contributed by atoms with Crippen LogP contribution in [0.3, 0.4) is 0 Å². The number of esters is 1. The van der Waals surface area contributed by atoms with Crippen LogP contribution in [0.4, 0.5) is 4.39 Å². The molecule has 0 bridgehead atoms. The zero-order valence-corrected chi connectivity index (χ0v) is 18.3. The highest BCUT2D eigenvalue weighted by Gasteiger charge is 2.17. The minimum Gasteiger partial charge on any atom is -0.503 e. The number of carbonyl (C=O) groups excluding carboxylic acids is 2. The second-order valence-corrected chi connectivity index (χ2v) is 6.98. The predicted molar refractivity (Wildman–Crippen MR) is 124 cm³/mol. The zero-order valence-electron chi connectivity index (χ0n) is 18.3. The van der Waals surface area contributed by atoms with Crippen molar-refractivity contribution in [3.05, 3.63) is 113 Å². The molecule has 3 aromatic rings. The van der Waals surface area contributed by atoms with Crippen LogP contribution in [-0.2, 0) is 20.9 Å². The molecule has 0 heterocycles. The average molecular weight is 446 g/mol. The summed E-state index contributed by atoms with van der Waals surface area (Å²) in [6.45, 7) is 0.200. The molecule has 0 aliphatic rings. The molecule has 0 spiro atoms. The summed E-state index contributed by atoms with van der Waals surface area (Å²) in [5.74, 6) is -0.448. The number of hydrogen-bond donors (Lipinski definition) is 0. The topological polar surface area (TPSA) is 61.8 Å². The number of allylic oxidation sites excluding steroid dienone is 1. The lowest BCUT2D eigenvalue weighted by Crippen LogP contribution is -2.08. The molecule has 0 saturated heterocycles. The van der Waals surface area contributed by atoms with Gasteiger partial charge in [0.2, 0.25) is 0 Å². The standard InChI is InChI=1S/C27H23FO5/c1-31-18-25(27(30)32-2)24-6-4-3-5-21(24)17-33-23-14-10-20(11-15-23)26(29)16-9-19-7-12-22(28)13-8-19/h3-16,18H,17H2,1-2H3/b16-9+,25-18+. The van der Waals surface area contributed by atoms with E-state index in [-0.39, 0.29) is 23.8 Å². The Morgan fingerprint density at radius 1 is 0.909 bits per heavy atom. The first-order valence-corrected chi connectivity index (χ1v) is 10.1. The van der Waals surface area contributed by atoms with Gasteiger partial charge in [-0.25, -0.2) is 9.18 Å². The summed E-state index contributed by atoms with van der Waals surface area (Å²) in [4.78, 5) is 24.5. The molecule has 0 fully saturated rings. The monoisotopic (exact) mass is 446 g/mol. The third-order valence-electron chi connectivity index (χ3n) is 4.78. The molecule has 0 atom stereocenters. The van der Waals surface area contributed by atoms with Crippen LogP contribution in [0.2, 0.25) is 0 Å². The van der Waals surface area contributed by atoms with Crippen molar-refractivity contribution >= 4 is 23.4 Å². The Balaban J connectivity index is 1.68. The molecule has 0 aliphatic carbocycles. The molecule has 5 nitrogen and oxygen atoms in total. The Labute approximate surface area is 191 Å². The first-order valence-electron chi connectivity index (χ1n) is 10.1. The fraction of sp³-hybridized carbons (Fsp3) is 0.111. The molecule has 0 amide bonds. The molecule has 6 heteroatoms. The minimum atomic E-state index is -0.513. The Kier molecular flexibility index (Phi) is 8.13. The van der Waals surface area contributed by atoms with Crippen molar-refractivity contribution in [2.75, 3.05) is 14.2 Å². The van der Waals surface area contributed by atoms with Crippen LogP contribution in [0.15, 0.2) is 85.1 Å². The van der Waals surface area contributed by atoms with E-state index in [1.165, 1.54) is 38.7 Å². The molecule has 3 aromatic carbocycles. The van der Waals surface area contributed by atoms with Gasteiger partial charge >= 0.3 is 5.97 Å². The van der Waals surface area contributed by atoms with Crippen molar-refractivity contribution in [2.24, 2.45) is 0 Å². The summed E-state index contributed by atoms with van der Waals surface area (Å²) >= 11 is 0. The van der Waals surface area contributed by atoms with Crippen molar-refractivity contribution in [2.45, 2.75) is 6.61 Å². The van der Waals surface area contributed by atoms with Crippen LogP contribution >= 0.6 is 0 Å². The molecule has 0 N–H and O–H groups in total. The largest absolute Gasteiger partial charge is 0.503 e. The molecular formula is C27H23FO5. The van der Waals surface area contributed by atoms with E-state index in [1.807, 2.05) is 18.2 Å². The first kappa shape index (κ1) is 23.5. The van der Waals surface area contributed by atoms with Gasteiger partial charge in [-0.15, -0.1) is 0 Å². The van der Waals surface area contributed by atoms with Crippen LogP contribution < -0.4 is 4.74 Å². The number of methoxy groups -OCH3 is 2. The average Bonchev–Trinajstić information content (AvgIpc) is 2.85. The number of ketones is 1. The Morgan fingerprint density at radius 2 is 1.61 bits per heavy atom. The van der Waals surface area contributed by atoms with Crippen molar-refractivity contribution in [3.63, 3.8) is 0 Å². The predicted octanol–water partition coefficient (Wildman–Crippen LogP) is 5.46. The Morgan fingerprint density at radius 3 is 2.27 bits per heavy atom. The number of ether oxygens (including phenoxy) is 3. The van der Waals surface area contributed by atoms with Crippen molar-refractivity contribution in [3.8, 4) is 5.75 Å². The summed E-state index contributed by atoms with van der Waals surface area (Å²) in [6, 6.07) is 19.9. The van der Waals surface area contributed by atoms with Crippen molar-refractivity contribution in [1.29, 1.82) is 0 Å².